The van der Waals surface area contributed by atoms with Crippen molar-refractivity contribution < 1.29 is 9.46 Å². The molecule has 0 bridgehead atoms. The van der Waals surface area contributed by atoms with E-state index < -0.39 is 7.37 Å². The van der Waals surface area contributed by atoms with Gasteiger partial charge >= 0.3 is 0 Å². The van der Waals surface area contributed by atoms with Gasteiger partial charge in [0.15, 0.2) is 5.13 Å². The van der Waals surface area contributed by atoms with Crippen LogP contribution in [0.3, 0.4) is 0 Å². The molecule has 0 aliphatic heterocycles. The Morgan fingerprint density at radius 2 is 2.29 bits per heavy atom. The van der Waals surface area contributed by atoms with E-state index in [4.69, 9.17) is 5.73 Å². The fraction of sp³-hybridized carbons (Fsp3) is 0.300. The first-order chi connectivity index (χ1) is 8.03. The van der Waals surface area contributed by atoms with Crippen molar-refractivity contribution in [1.82, 2.24) is 4.98 Å². The number of anilines is 1. The summed E-state index contributed by atoms with van der Waals surface area (Å²) < 4.78 is 13.9. The van der Waals surface area contributed by atoms with Crippen LogP contribution in [0, 0.1) is 0 Å². The summed E-state index contributed by atoms with van der Waals surface area (Å²) in [6.45, 7) is 0. The minimum absolute atomic E-state index is 0.329. The number of hydrogen-bond donors (Lipinski definition) is 2. The van der Waals surface area contributed by atoms with Gasteiger partial charge in [-0.05, 0) is 24.6 Å². The van der Waals surface area contributed by atoms with Crippen molar-refractivity contribution in [1.29, 1.82) is 0 Å². The van der Waals surface area contributed by atoms with Crippen LogP contribution in [-0.4, -0.2) is 20.5 Å². The van der Waals surface area contributed by atoms with Crippen molar-refractivity contribution in [2.45, 2.75) is 6.42 Å². The van der Waals surface area contributed by atoms with Gasteiger partial charge < -0.3 is 10.6 Å². The van der Waals surface area contributed by atoms with Crippen molar-refractivity contribution in [3.63, 3.8) is 0 Å². The lowest BCUT2D eigenvalue weighted by Crippen LogP contribution is -2.07. The Morgan fingerprint density at radius 3 is 3.00 bits per heavy atom. The summed E-state index contributed by atoms with van der Waals surface area (Å²) in [5.41, 5.74) is 6.39. The molecule has 7 heteroatoms. The van der Waals surface area contributed by atoms with Crippen molar-refractivity contribution in [3.8, 4) is 0 Å². The summed E-state index contributed by atoms with van der Waals surface area (Å²) >= 11 is 3.55. The second-order valence-electron chi connectivity index (χ2n) is 3.67. The van der Waals surface area contributed by atoms with E-state index in [0.29, 0.717) is 16.6 Å². The van der Waals surface area contributed by atoms with Gasteiger partial charge in [-0.25, -0.2) is 4.98 Å². The largest absolute Gasteiger partial charge is 0.375 e. The molecule has 0 saturated heterocycles. The molecule has 0 fully saturated rings. The fourth-order valence-corrected chi connectivity index (χ4v) is 4.88. The number of alkyl halides is 1. The van der Waals surface area contributed by atoms with E-state index in [1.165, 1.54) is 11.3 Å². The average Bonchev–Trinajstić information content (AvgIpc) is 2.65. The number of aromatic nitrogens is 1. The molecule has 0 radical (unpaired) electrons. The molecule has 4 nitrogen and oxygen atoms in total. The summed E-state index contributed by atoms with van der Waals surface area (Å²) in [5.74, 6) is 0. The van der Waals surface area contributed by atoms with Crippen LogP contribution in [0.4, 0.5) is 5.13 Å². The molecule has 1 aromatic carbocycles. The Hall–Kier alpha value is -0.170. The number of nitrogens with zero attached hydrogens (tertiary/aromatic N) is 1. The first-order valence-electron chi connectivity index (χ1n) is 5.07. The minimum atomic E-state index is -3.22. The van der Waals surface area contributed by atoms with E-state index >= 15 is 0 Å². The van der Waals surface area contributed by atoms with Gasteiger partial charge in [0.05, 0.1) is 10.2 Å². The van der Waals surface area contributed by atoms with Crippen LogP contribution in [0.25, 0.3) is 10.2 Å². The number of nitrogen functional groups attached to an aromatic ring is 1. The van der Waals surface area contributed by atoms with E-state index in [0.717, 1.165) is 21.1 Å². The van der Waals surface area contributed by atoms with Gasteiger partial charge in [0.1, 0.15) is 0 Å². The lowest BCUT2D eigenvalue weighted by molar-refractivity contribution is 0.489. The van der Waals surface area contributed by atoms with Gasteiger partial charge in [0, 0.05) is 15.9 Å². The third-order valence-electron chi connectivity index (χ3n) is 2.39. The molecule has 0 amide bonds. The monoisotopic (exact) mass is 382 g/mol. The Kier molecular flexibility index (Phi) is 4.07. The SMILES string of the molecule is Nc1nc2ccc(P(=O)(O)CCCI)cc2s1. The molecule has 0 aliphatic carbocycles. The molecule has 0 spiro atoms. The highest BCUT2D eigenvalue weighted by atomic mass is 127. The van der Waals surface area contributed by atoms with Gasteiger partial charge in [-0.2, -0.15) is 0 Å². The van der Waals surface area contributed by atoms with Crippen molar-refractivity contribution >= 4 is 61.9 Å². The second-order valence-corrected chi connectivity index (χ2v) is 8.18. The number of benzene rings is 1. The first-order valence-corrected chi connectivity index (χ1v) is 9.26. The number of nitrogens with two attached hydrogens (primary N) is 1. The number of hydrogen-bond acceptors (Lipinski definition) is 4. The summed E-state index contributed by atoms with van der Waals surface area (Å²) in [5, 5.41) is 0.982. The summed E-state index contributed by atoms with van der Waals surface area (Å²) in [6.07, 6.45) is 1.08. The smallest absolute Gasteiger partial charge is 0.229 e. The molecular weight excluding hydrogens is 370 g/mol. The highest BCUT2D eigenvalue weighted by molar-refractivity contribution is 14.1. The molecule has 17 heavy (non-hydrogen) atoms. The molecule has 1 unspecified atom stereocenters. The van der Waals surface area contributed by atoms with Crippen LogP contribution in [-0.2, 0) is 4.57 Å². The average molecular weight is 382 g/mol. The number of halogens is 1. The topological polar surface area (TPSA) is 76.2 Å². The molecule has 1 aromatic heterocycles. The summed E-state index contributed by atoms with van der Waals surface area (Å²) in [6, 6.07) is 5.16. The maximum absolute atomic E-state index is 12.1. The fourth-order valence-electron chi connectivity index (χ4n) is 1.55. The Morgan fingerprint density at radius 1 is 1.53 bits per heavy atom. The van der Waals surface area contributed by atoms with Crippen LogP contribution in [0.2, 0.25) is 0 Å². The summed E-state index contributed by atoms with van der Waals surface area (Å²) in [4.78, 5) is 14.1. The molecule has 1 heterocycles. The molecule has 2 aromatic rings. The van der Waals surface area contributed by atoms with E-state index in [9.17, 15) is 9.46 Å². The van der Waals surface area contributed by atoms with Gasteiger partial charge in [0.2, 0.25) is 7.37 Å². The predicted octanol–water partition coefficient (Wildman–Crippen LogP) is 2.60. The lowest BCUT2D eigenvalue weighted by atomic mass is 10.3. The van der Waals surface area contributed by atoms with Crippen LogP contribution in [0.5, 0.6) is 0 Å². The molecular formula is C10H12IN2O2PS. The normalized spacial score (nSPS) is 14.9. The van der Waals surface area contributed by atoms with Crippen LogP contribution < -0.4 is 11.0 Å². The molecule has 0 aliphatic rings. The third kappa shape index (κ3) is 2.99. The highest BCUT2D eigenvalue weighted by Crippen LogP contribution is 2.41. The van der Waals surface area contributed by atoms with Crippen LogP contribution in [0.15, 0.2) is 18.2 Å². The molecule has 0 saturated carbocycles. The van der Waals surface area contributed by atoms with E-state index in [1.807, 2.05) is 0 Å². The highest BCUT2D eigenvalue weighted by Gasteiger charge is 2.21. The lowest BCUT2D eigenvalue weighted by Gasteiger charge is -2.10. The Balaban J connectivity index is 2.38. The third-order valence-corrected chi connectivity index (χ3v) is 6.00. The van der Waals surface area contributed by atoms with Crippen molar-refractivity contribution in [3.05, 3.63) is 18.2 Å². The Labute approximate surface area is 117 Å². The first kappa shape index (κ1) is 13.3. The second kappa shape index (κ2) is 5.22. The molecule has 2 rings (SSSR count). The number of fused-ring (bicyclic) bond motifs is 1. The zero-order valence-corrected chi connectivity index (χ0v) is 12.8. The maximum Gasteiger partial charge on any atom is 0.229 e. The summed E-state index contributed by atoms with van der Waals surface area (Å²) in [7, 11) is -3.22. The van der Waals surface area contributed by atoms with Gasteiger partial charge in [-0.15, -0.1) is 0 Å². The van der Waals surface area contributed by atoms with Gasteiger partial charge in [-0.3, -0.25) is 4.57 Å². The van der Waals surface area contributed by atoms with Crippen molar-refractivity contribution in [2.24, 2.45) is 0 Å². The molecule has 3 N–H and O–H groups in total. The van der Waals surface area contributed by atoms with Gasteiger partial charge in [0.25, 0.3) is 0 Å². The Bertz CT molecular complexity index is 587. The number of rotatable bonds is 4. The minimum Gasteiger partial charge on any atom is -0.375 e. The zero-order chi connectivity index (χ0) is 12.5. The van der Waals surface area contributed by atoms with Crippen LogP contribution >= 0.6 is 41.3 Å². The zero-order valence-electron chi connectivity index (χ0n) is 8.97. The van der Waals surface area contributed by atoms with Crippen LogP contribution in [0.1, 0.15) is 6.42 Å². The predicted molar refractivity (Wildman–Crippen MR) is 81.9 cm³/mol. The maximum atomic E-state index is 12.1. The number of thiazole rings is 1. The molecule has 92 valence electrons. The van der Waals surface area contributed by atoms with Gasteiger partial charge in [-0.1, -0.05) is 33.9 Å². The molecule has 1 atom stereocenters. The quantitative estimate of drug-likeness (QED) is 0.484. The van der Waals surface area contributed by atoms with E-state index in [2.05, 4.69) is 27.6 Å². The van der Waals surface area contributed by atoms with E-state index in [1.54, 1.807) is 18.2 Å². The van der Waals surface area contributed by atoms with E-state index in [-0.39, 0.29) is 0 Å². The standard InChI is InChI=1S/C10H12IN2O2PS/c11-4-1-5-16(14,15)7-2-3-8-9(6-7)17-10(12)13-8/h2-3,6H,1,4-5H2,(H2,12,13)(H,14,15). The van der Waals surface area contributed by atoms with Crippen molar-refractivity contribution in [2.75, 3.05) is 16.3 Å².